The highest BCUT2D eigenvalue weighted by Crippen LogP contribution is 2.45. The van der Waals surface area contributed by atoms with Crippen molar-refractivity contribution in [3.05, 3.63) is 16.0 Å². The highest BCUT2D eigenvalue weighted by molar-refractivity contribution is 7.17. The Labute approximate surface area is 120 Å². The molecular weight excluding hydrogens is 278 g/mol. The molecule has 106 valence electrons. The number of carbonyl (C=O) groups excluding carboxylic acids is 2. The summed E-state index contributed by atoms with van der Waals surface area (Å²) < 4.78 is 0. The van der Waals surface area contributed by atoms with E-state index >= 15 is 0 Å². The van der Waals surface area contributed by atoms with Gasteiger partial charge in [-0.2, -0.15) is 0 Å². The summed E-state index contributed by atoms with van der Waals surface area (Å²) >= 11 is 1.22. The van der Waals surface area contributed by atoms with Gasteiger partial charge in [-0.15, -0.1) is 11.3 Å². The number of carboxylic acids is 1. The Hall–Kier alpha value is -1.69. The molecule has 0 bridgehead atoms. The molecule has 1 saturated heterocycles. The van der Waals surface area contributed by atoms with Gasteiger partial charge in [-0.05, 0) is 32.3 Å². The Bertz CT molecular complexity index is 611. The van der Waals surface area contributed by atoms with Crippen LogP contribution in [0, 0.1) is 25.7 Å². The molecule has 1 saturated carbocycles. The van der Waals surface area contributed by atoms with E-state index in [1.807, 2.05) is 6.92 Å². The largest absolute Gasteiger partial charge is 0.478 e. The molecule has 1 aliphatic carbocycles. The third-order valence-electron chi connectivity index (χ3n) is 4.37. The lowest BCUT2D eigenvalue weighted by molar-refractivity contribution is -0.122. The first kappa shape index (κ1) is 13.3. The maximum Gasteiger partial charge on any atom is 0.339 e. The van der Waals surface area contributed by atoms with Crippen molar-refractivity contribution in [3.8, 4) is 0 Å². The van der Waals surface area contributed by atoms with Gasteiger partial charge in [0, 0.05) is 4.88 Å². The molecule has 3 rings (SSSR count). The van der Waals surface area contributed by atoms with Crippen molar-refractivity contribution in [2.45, 2.75) is 33.1 Å². The number of imide groups is 1. The number of carbonyl (C=O) groups is 3. The standard InChI is InChI=1S/C14H15NO4S/c1-6-7(2)20-13(10(6)14(18)19)15-11(16)8-4-3-5-9(8)12(15)17/h8-9H,3-5H2,1-2H3,(H,18,19). The zero-order chi connectivity index (χ0) is 14.6. The second-order valence-corrected chi connectivity index (χ2v) is 6.63. The number of hydrogen-bond donors (Lipinski definition) is 1. The Morgan fingerprint density at radius 1 is 1.20 bits per heavy atom. The zero-order valence-corrected chi connectivity index (χ0v) is 12.1. The van der Waals surface area contributed by atoms with Crippen molar-refractivity contribution < 1.29 is 19.5 Å². The summed E-state index contributed by atoms with van der Waals surface area (Å²) in [6.07, 6.45) is 2.36. The van der Waals surface area contributed by atoms with Crippen molar-refractivity contribution in [1.82, 2.24) is 0 Å². The Morgan fingerprint density at radius 2 is 1.75 bits per heavy atom. The lowest BCUT2D eigenvalue weighted by Gasteiger charge is -2.14. The van der Waals surface area contributed by atoms with Crippen LogP contribution in [0.5, 0.6) is 0 Å². The molecule has 0 radical (unpaired) electrons. The maximum absolute atomic E-state index is 12.4. The van der Waals surface area contributed by atoms with Gasteiger partial charge in [0.2, 0.25) is 11.8 Å². The van der Waals surface area contributed by atoms with Crippen LogP contribution in [0.2, 0.25) is 0 Å². The molecule has 2 atom stereocenters. The molecule has 0 aromatic carbocycles. The van der Waals surface area contributed by atoms with Crippen LogP contribution in [0.1, 0.15) is 40.1 Å². The number of fused-ring (bicyclic) bond motifs is 1. The average molecular weight is 293 g/mol. The fourth-order valence-electron chi connectivity index (χ4n) is 3.21. The fourth-order valence-corrected chi connectivity index (χ4v) is 4.37. The molecule has 2 aliphatic rings. The molecule has 1 aromatic heterocycles. The van der Waals surface area contributed by atoms with Gasteiger partial charge in [0.15, 0.2) is 0 Å². The van der Waals surface area contributed by atoms with Gasteiger partial charge in [0.1, 0.15) is 5.00 Å². The van der Waals surface area contributed by atoms with E-state index in [1.165, 1.54) is 11.3 Å². The van der Waals surface area contributed by atoms with Gasteiger partial charge < -0.3 is 5.11 Å². The van der Waals surface area contributed by atoms with Gasteiger partial charge in [-0.1, -0.05) is 6.42 Å². The third kappa shape index (κ3) is 1.64. The van der Waals surface area contributed by atoms with E-state index in [-0.39, 0.29) is 34.2 Å². The van der Waals surface area contributed by atoms with Crippen LogP contribution in [0.15, 0.2) is 0 Å². The summed E-state index contributed by atoms with van der Waals surface area (Å²) in [6, 6.07) is 0. The molecule has 0 spiro atoms. The Balaban J connectivity index is 2.10. The van der Waals surface area contributed by atoms with Crippen LogP contribution >= 0.6 is 11.3 Å². The van der Waals surface area contributed by atoms with Crippen LogP contribution < -0.4 is 4.90 Å². The SMILES string of the molecule is Cc1sc(N2C(=O)C3CCCC3C2=O)c(C(=O)O)c1C. The summed E-state index contributed by atoms with van der Waals surface area (Å²) in [4.78, 5) is 38.2. The molecule has 6 heteroatoms. The molecule has 1 N–H and O–H groups in total. The molecular formula is C14H15NO4S. The lowest BCUT2D eigenvalue weighted by Crippen LogP contribution is -2.32. The summed E-state index contributed by atoms with van der Waals surface area (Å²) in [7, 11) is 0. The minimum atomic E-state index is -1.08. The molecule has 20 heavy (non-hydrogen) atoms. The smallest absolute Gasteiger partial charge is 0.339 e. The molecule has 2 unspecified atom stereocenters. The molecule has 2 fully saturated rings. The number of aryl methyl sites for hydroxylation is 1. The summed E-state index contributed by atoms with van der Waals surface area (Å²) in [6.45, 7) is 3.52. The van der Waals surface area contributed by atoms with E-state index in [4.69, 9.17) is 0 Å². The maximum atomic E-state index is 12.4. The molecule has 1 aliphatic heterocycles. The number of amides is 2. The highest BCUT2D eigenvalue weighted by atomic mass is 32.1. The number of nitrogens with zero attached hydrogens (tertiary/aromatic N) is 1. The van der Waals surface area contributed by atoms with Crippen LogP contribution in [0.3, 0.4) is 0 Å². The summed E-state index contributed by atoms with van der Waals surface area (Å²) in [5, 5.41) is 9.64. The topological polar surface area (TPSA) is 74.7 Å². The van der Waals surface area contributed by atoms with E-state index in [2.05, 4.69) is 0 Å². The van der Waals surface area contributed by atoms with Gasteiger partial charge in [-0.25, -0.2) is 9.69 Å². The van der Waals surface area contributed by atoms with Crippen LogP contribution in [0.4, 0.5) is 5.00 Å². The number of aromatic carboxylic acids is 1. The van der Waals surface area contributed by atoms with Crippen LogP contribution in [0.25, 0.3) is 0 Å². The minimum absolute atomic E-state index is 0.0918. The van der Waals surface area contributed by atoms with Gasteiger partial charge in [0.25, 0.3) is 0 Å². The first-order valence-electron chi connectivity index (χ1n) is 6.64. The average Bonchev–Trinajstić information content (AvgIpc) is 3.00. The van der Waals surface area contributed by atoms with Crippen LogP contribution in [-0.2, 0) is 9.59 Å². The second-order valence-electron chi connectivity index (χ2n) is 5.42. The monoisotopic (exact) mass is 293 g/mol. The molecule has 5 nitrogen and oxygen atoms in total. The van der Waals surface area contributed by atoms with Crippen molar-refractivity contribution in [3.63, 3.8) is 0 Å². The number of hydrogen-bond acceptors (Lipinski definition) is 4. The Kier molecular flexibility index (Phi) is 2.93. The zero-order valence-electron chi connectivity index (χ0n) is 11.3. The van der Waals surface area contributed by atoms with E-state index in [0.29, 0.717) is 5.56 Å². The quantitative estimate of drug-likeness (QED) is 0.849. The predicted molar refractivity (Wildman–Crippen MR) is 74.1 cm³/mol. The van der Waals surface area contributed by atoms with Crippen molar-refractivity contribution in [2.24, 2.45) is 11.8 Å². The Morgan fingerprint density at radius 3 is 2.25 bits per heavy atom. The molecule has 2 amide bonds. The number of rotatable bonds is 2. The van der Waals surface area contributed by atoms with Crippen LogP contribution in [-0.4, -0.2) is 22.9 Å². The normalized spacial score (nSPS) is 25.4. The second kappa shape index (κ2) is 4.41. The molecule has 1 aromatic rings. The van der Waals surface area contributed by atoms with Gasteiger partial charge in [0.05, 0.1) is 17.4 Å². The highest BCUT2D eigenvalue weighted by Gasteiger charge is 2.51. The number of thiophene rings is 1. The number of carboxylic acid groups (broad SMARTS) is 1. The third-order valence-corrected chi connectivity index (χ3v) is 5.57. The first-order valence-corrected chi connectivity index (χ1v) is 7.46. The van der Waals surface area contributed by atoms with Crippen molar-refractivity contribution >= 4 is 34.1 Å². The predicted octanol–water partition coefficient (Wildman–Crippen LogP) is 2.35. The first-order chi connectivity index (χ1) is 9.43. The van der Waals surface area contributed by atoms with E-state index in [1.54, 1.807) is 6.92 Å². The lowest BCUT2D eigenvalue weighted by atomic mass is 10.00. The number of anilines is 1. The molecule has 2 heterocycles. The fraction of sp³-hybridized carbons (Fsp3) is 0.500. The van der Waals surface area contributed by atoms with Gasteiger partial charge in [-0.3, -0.25) is 9.59 Å². The van der Waals surface area contributed by atoms with E-state index in [9.17, 15) is 19.5 Å². The summed E-state index contributed by atoms with van der Waals surface area (Å²) in [5.41, 5.74) is 0.726. The summed E-state index contributed by atoms with van der Waals surface area (Å²) in [5.74, 6) is -2.01. The van der Waals surface area contributed by atoms with Gasteiger partial charge >= 0.3 is 5.97 Å². The minimum Gasteiger partial charge on any atom is -0.478 e. The van der Waals surface area contributed by atoms with Crippen molar-refractivity contribution in [2.75, 3.05) is 4.90 Å². The van der Waals surface area contributed by atoms with E-state index in [0.717, 1.165) is 29.0 Å². The van der Waals surface area contributed by atoms with E-state index < -0.39 is 5.97 Å². The van der Waals surface area contributed by atoms with Crippen molar-refractivity contribution in [1.29, 1.82) is 0 Å².